The van der Waals surface area contributed by atoms with Gasteiger partial charge in [-0.05, 0) is 26.7 Å². The second-order valence-corrected chi connectivity index (χ2v) is 2.85. The predicted octanol–water partition coefficient (Wildman–Crippen LogP) is 3.40. The molecule has 0 aromatic carbocycles. The molecule has 0 amide bonds. The van der Waals surface area contributed by atoms with Gasteiger partial charge in [0.15, 0.2) is 0 Å². The molecule has 2 heteroatoms. The number of aliphatic carboxylic acids is 1. The van der Waals surface area contributed by atoms with Gasteiger partial charge in [0.1, 0.15) is 0 Å². The highest BCUT2D eigenvalue weighted by atomic mass is 16.4. The van der Waals surface area contributed by atoms with E-state index in [1.807, 2.05) is 0 Å². The molecular weight excluding hydrogens is 164 g/mol. The fourth-order valence-corrected chi connectivity index (χ4v) is 0.580. The second kappa shape index (κ2) is 11.0. The molecule has 76 valence electrons. The summed E-state index contributed by atoms with van der Waals surface area (Å²) in [4.78, 5) is 9.73. The molecule has 0 aromatic heterocycles. The minimum absolute atomic E-state index is 0.813. The molecule has 1 N–H and O–H groups in total. The summed E-state index contributed by atoms with van der Waals surface area (Å²) in [6.07, 6.45) is 7.88. The monoisotopic (exact) mass is 184 g/mol. The van der Waals surface area contributed by atoms with Crippen molar-refractivity contribution in [3.63, 3.8) is 0 Å². The summed E-state index contributed by atoms with van der Waals surface area (Å²) < 4.78 is 0. The van der Waals surface area contributed by atoms with E-state index >= 15 is 0 Å². The van der Waals surface area contributed by atoms with Gasteiger partial charge in [-0.1, -0.05) is 31.6 Å². The van der Waals surface area contributed by atoms with E-state index in [9.17, 15) is 4.79 Å². The summed E-state index contributed by atoms with van der Waals surface area (Å²) in [6.45, 7) is 7.78. The van der Waals surface area contributed by atoms with Gasteiger partial charge in [-0.3, -0.25) is 0 Å². The lowest BCUT2D eigenvalue weighted by atomic mass is 10.3. The number of carbonyl (C=O) groups is 1. The normalized spacial score (nSPS) is 8.92. The molecule has 0 saturated carbocycles. The fraction of sp³-hybridized carbons (Fsp3) is 0.545. The van der Waals surface area contributed by atoms with Gasteiger partial charge in [0.25, 0.3) is 0 Å². The molecule has 0 aliphatic heterocycles. The Balaban J connectivity index is 0. The molecule has 0 heterocycles. The van der Waals surface area contributed by atoms with Crippen molar-refractivity contribution in [3.05, 3.63) is 23.8 Å². The molecule has 0 aromatic rings. The van der Waals surface area contributed by atoms with Crippen molar-refractivity contribution in [1.29, 1.82) is 0 Å². The van der Waals surface area contributed by atoms with Crippen molar-refractivity contribution in [1.82, 2.24) is 0 Å². The third-order valence-electron chi connectivity index (χ3n) is 1.05. The van der Waals surface area contributed by atoms with Gasteiger partial charge < -0.3 is 5.11 Å². The zero-order valence-electron chi connectivity index (χ0n) is 9.00. The maximum Gasteiger partial charge on any atom is 0.328 e. The Morgan fingerprint density at radius 2 is 1.54 bits per heavy atom. The molecule has 0 rings (SSSR count). The van der Waals surface area contributed by atoms with Crippen LogP contribution in [0.3, 0.4) is 0 Å². The van der Waals surface area contributed by atoms with E-state index in [1.54, 1.807) is 13.8 Å². The maximum absolute atomic E-state index is 9.73. The number of rotatable bonds is 3. The number of carboxylic acids is 1. The fourth-order valence-electron chi connectivity index (χ4n) is 0.580. The molecule has 0 fully saturated rings. The van der Waals surface area contributed by atoms with E-state index in [0.717, 1.165) is 5.57 Å². The zero-order valence-corrected chi connectivity index (χ0v) is 9.00. The average Bonchev–Trinajstić information content (AvgIpc) is 1.99. The Morgan fingerprint density at radius 1 is 1.15 bits per heavy atom. The van der Waals surface area contributed by atoms with Gasteiger partial charge in [0, 0.05) is 6.08 Å². The van der Waals surface area contributed by atoms with Crippen LogP contribution in [-0.2, 0) is 4.79 Å². The van der Waals surface area contributed by atoms with Crippen molar-refractivity contribution in [2.45, 2.75) is 40.5 Å². The van der Waals surface area contributed by atoms with Gasteiger partial charge in [0.2, 0.25) is 0 Å². The highest BCUT2D eigenvalue weighted by molar-refractivity contribution is 5.80. The third-order valence-corrected chi connectivity index (χ3v) is 1.05. The van der Waals surface area contributed by atoms with Gasteiger partial charge >= 0.3 is 5.97 Å². The van der Waals surface area contributed by atoms with Crippen LogP contribution in [0.25, 0.3) is 0 Å². The molecule has 0 aliphatic carbocycles. The molecule has 0 radical (unpaired) electrons. The van der Waals surface area contributed by atoms with Crippen molar-refractivity contribution >= 4 is 5.97 Å². The summed E-state index contributed by atoms with van der Waals surface area (Å²) in [6, 6.07) is 0. The lowest BCUT2D eigenvalue weighted by Crippen LogP contribution is -1.86. The summed E-state index contributed by atoms with van der Waals surface area (Å²) in [5.41, 5.74) is 0.813. The molecular formula is C11H20O2. The average molecular weight is 184 g/mol. The smallest absolute Gasteiger partial charge is 0.328 e. The van der Waals surface area contributed by atoms with Crippen LogP contribution in [0.1, 0.15) is 40.5 Å². The Labute approximate surface area is 81.0 Å². The van der Waals surface area contributed by atoms with Crippen LogP contribution < -0.4 is 0 Å². The molecule has 0 saturated heterocycles. The van der Waals surface area contributed by atoms with Crippen LogP contribution in [0.15, 0.2) is 23.8 Å². The van der Waals surface area contributed by atoms with Crippen molar-refractivity contribution in [2.75, 3.05) is 0 Å². The number of carboxylic acid groups (broad SMARTS) is 1. The first kappa shape index (κ1) is 14.5. The van der Waals surface area contributed by atoms with Gasteiger partial charge in [-0.25, -0.2) is 4.79 Å². The lowest BCUT2D eigenvalue weighted by Gasteiger charge is -1.79. The van der Waals surface area contributed by atoms with E-state index in [4.69, 9.17) is 5.11 Å². The Hall–Kier alpha value is -1.05. The van der Waals surface area contributed by atoms with Crippen LogP contribution >= 0.6 is 0 Å². The molecule has 0 aliphatic rings. The Kier molecular flexibility index (Phi) is 12.2. The topological polar surface area (TPSA) is 37.3 Å². The maximum atomic E-state index is 9.73. The van der Waals surface area contributed by atoms with E-state index in [1.165, 1.54) is 18.9 Å². The second-order valence-electron chi connectivity index (χ2n) is 2.85. The predicted molar refractivity (Wildman–Crippen MR) is 56.8 cm³/mol. The number of hydrogen-bond donors (Lipinski definition) is 1. The summed E-state index contributed by atoms with van der Waals surface area (Å²) in [5, 5.41) is 8.01. The first-order valence-corrected chi connectivity index (χ1v) is 4.57. The van der Waals surface area contributed by atoms with Crippen LogP contribution in [0.4, 0.5) is 0 Å². The first-order valence-electron chi connectivity index (χ1n) is 4.57. The van der Waals surface area contributed by atoms with E-state index in [-0.39, 0.29) is 0 Å². The SMILES string of the molecule is CC(C)=CC(=O)O.CC/C=C\CC. The zero-order chi connectivity index (χ0) is 10.7. The van der Waals surface area contributed by atoms with Gasteiger partial charge in [0.05, 0.1) is 0 Å². The summed E-state index contributed by atoms with van der Waals surface area (Å²) in [7, 11) is 0. The molecule has 0 bridgehead atoms. The lowest BCUT2D eigenvalue weighted by molar-refractivity contribution is -0.131. The van der Waals surface area contributed by atoms with Crippen molar-refractivity contribution in [2.24, 2.45) is 0 Å². The Morgan fingerprint density at radius 3 is 1.62 bits per heavy atom. The van der Waals surface area contributed by atoms with E-state index in [0.29, 0.717) is 0 Å². The van der Waals surface area contributed by atoms with Gasteiger partial charge in [-0.15, -0.1) is 0 Å². The molecule has 0 unspecified atom stereocenters. The van der Waals surface area contributed by atoms with Crippen molar-refractivity contribution < 1.29 is 9.90 Å². The first-order chi connectivity index (χ1) is 6.04. The standard InChI is InChI=1S/C6H12.C5H8O2/c1-3-5-6-4-2;1-4(2)3-5(6)7/h5-6H,3-4H2,1-2H3;3H,1-2H3,(H,6,7)/b6-5-;. The van der Waals surface area contributed by atoms with Crippen LogP contribution in [-0.4, -0.2) is 11.1 Å². The van der Waals surface area contributed by atoms with Crippen molar-refractivity contribution in [3.8, 4) is 0 Å². The van der Waals surface area contributed by atoms with Crippen LogP contribution in [0, 0.1) is 0 Å². The largest absolute Gasteiger partial charge is 0.478 e. The Bertz CT molecular complexity index is 169. The molecule has 13 heavy (non-hydrogen) atoms. The highest BCUT2D eigenvalue weighted by Gasteiger charge is 1.83. The summed E-state index contributed by atoms with van der Waals surface area (Å²) in [5.74, 6) is -0.875. The number of allylic oxidation sites excluding steroid dienone is 3. The van der Waals surface area contributed by atoms with E-state index < -0.39 is 5.97 Å². The minimum Gasteiger partial charge on any atom is -0.478 e. The third kappa shape index (κ3) is 24.8. The van der Waals surface area contributed by atoms with Gasteiger partial charge in [-0.2, -0.15) is 0 Å². The van der Waals surface area contributed by atoms with E-state index in [2.05, 4.69) is 26.0 Å². The van der Waals surface area contributed by atoms with Crippen LogP contribution in [0.2, 0.25) is 0 Å². The summed E-state index contributed by atoms with van der Waals surface area (Å²) >= 11 is 0. The minimum atomic E-state index is -0.875. The quantitative estimate of drug-likeness (QED) is 0.539. The highest BCUT2D eigenvalue weighted by Crippen LogP contribution is 1.85. The number of hydrogen-bond acceptors (Lipinski definition) is 1. The molecule has 0 atom stereocenters. The van der Waals surface area contributed by atoms with Crippen LogP contribution in [0.5, 0.6) is 0 Å². The molecule has 2 nitrogen and oxygen atoms in total. The molecule has 0 spiro atoms.